The zero-order valence-electron chi connectivity index (χ0n) is 43.2. The van der Waals surface area contributed by atoms with Crippen LogP contribution in [0.1, 0.15) is 50.1 Å². The maximum Gasteiger partial charge on any atom is 0.501 e. The Morgan fingerprint density at radius 2 is 1.45 bits per heavy atom. The van der Waals surface area contributed by atoms with Gasteiger partial charge in [-0.15, -0.1) is 11.8 Å². The second kappa shape index (κ2) is 24.2. The molecular weight excluding hydrogens is 1080 g/mol. The van der Waals surface area contributed by atoms with Crippen LogP contribution in [-0.2, 0) is 46.1 Å². The molecule has 20 heteroatoms. The van der Waals surface area contributed by atoms with Gasteiger partial charge < -0.3 is 23.6 Å². The molecule has 0 N–H and O–H groups in total. The highest BCUT2D eigenvalue weighted by Crippen LogP contribution is 2.51. The number of sulfone groups is 2. The summed E-state index contributed by atoms with van der Waals surface area (Å²) in [6.45, 7) is 12.7. The fourth-order valence-electron chi connectivity index (χ4n) is 10.3. The van der Waals surface area contributed by atoms with E-state index in [4.69, 9.17) is 20.9 Å². The Balaban J connectivity index is 1.01. The van der Waals surface area contributed by atoms with Crippen molar-refractivity contribution in [2.45, 2.75) is 72.9 Å². The highest BCUT2D eigenvalue weighted by molar-refractivity contribution is 7.99. The SMILES string of the molecule is CCOP(=O)(Cc1ccc(N2CCN(c3cc(F)cc(-c4c(S(C)(=O)=O)c(C)n(C(C)C)c4-c4ccc(Cl)cc4)c3)CC2)cc1)c1ccc(C[C@H](CCN2CCOCC2)CSc2ccccc2)c(S(=O)(=O)C(F)(F)F)c1. The average molecular weight is 1140 g/mol. The van der Waals surface area contributed by atoms with Crippen molar-refractivity contribution >= 4 is 67.1 Å². The molecule has 0 spiro atoms. The minimum atomic E-state index is -5.87. The topological polar surface area (TPSA) is 118 Å². The van der Waals surface area contributed by atoms with Gasteiger partial charge in [0.25, 0.3) is 9.84 Å². The molecule has 0 saturated carbocycles. The van der Waals surface area contributed by atoms with E-state index in [0.29, 0.717) is 96.9 Å². The van der Waals surface area contributed by atoms with E-state index < -0.39 is 43.3 Å². The number of morpholine rings is 1. The number of hydrogen-bond donors (Lipinski definition) is 0. The summed E-state index contributed by atoms with van der Waals surface area (Å²) in [6, 6.07) is 32.3. The molecule has 8 rings (SSSR count). The smallest absolute Gasteiger partial charge is 0.379 e. The number of piperazine rings is 1. The van der Waals surface area contributed by atoms with Gasteiger partial charge in [0.15, 0.2) is 9.84 Å². The number of rotatable bonds is 20. The number of aromatic nitrogens is 1. The molecule has 2 saturated heterocycles. The van der Waals surface area contributed by atoms with E-state index in [2.05, 4.69) is 14.7 Å². The Kier molecular flexibility index (Phi) is 18.3. The molecule has 0 aliphatic carbocycles. The fourth-order valence-corrected chi connectivity index (χ4v) is 16.0. The van der Waals surface area contributed by atoms with Crippen LogP contribution in [0.3, 0.4) is 0 Å². The maximum absolute atomic E-state index is 15.8. The Bertz CT molecular complexity index is 3260. The quantitative estimate of drug-likeness (QED) is 0.0413. The molecule has 5 aromatic carbocycles. The van der Waals surface area contributed by atoms with Gasteiger partial charge in [0.1, 0.15) is 5.82 Å². The third-order valence-electron chi connectivity index (χ3n) is 14.0. The largest absolute Gasteiger partial charge is 0.501 e. The number of benzene rings is 5. The standard InChI is InChI=1S/C56H64ClF4N4O7PS3/c1-6-72-73(66,50-21-16-44(52(36-50)76(69,70)56(59,60)61)32-42(22-23-62-28-30-71-31-29-62)38-74-51-10-8-7-9-11-51)37-41-12-19-48(20-13-41)63-24-26-64(27-25-63)49-34-45(33-47(58)35-49)53-54(43-14-17-46(57)18-15-43)65(39(2)3)40(4)55(53)75(5,67)68/h7-21,33-36,39,42H,6,22-32,37-38H2,1-5H3/t42-,73?/m0/s1. The lowest BCUT2D eigenvalue weighted by Gasteiger charge is -2.37. The van der Waals surface area contributed by atoms with E-state index in [-0.39, 0.29) is 46.9 Å². The van der Waals surface area contributed by atoms with Crippen LogP contribution in [-0.4, -0.2) is 109 Å². The van der Waals surface area contributed by atoms with Gasteiger partial charge in [-0.1, -0.05) is 60.1 Å². The zero-order valence-corrected chi connectivity index (χ0v) is 47.3. The molecule has 2 aliphatic rings. The van der Waals surface area contributed by atoms with Gasteiger partial charge in [0, 0.05) is 95.2 Å². The van der Waals surface area contributed by atoms with Crippen molar-refractivity contribution in [3.05, 3.63) is 143 Å². The van der Waals surface area contributed by atoms with Crippen molar-refractivity contribution in [3.63, 3.8) is 0 Å². The zero-order chi connectivity index (χ0) is 54.6. The summed E-state index contributed by atoms with van der Waals surface area (Å²) in [5, 5.41) is 0.404. The minimum Gasteiger partial charge on any atom is -0.379 e. The molecule has 76 heavy (non-hydrogen) atoms. The van der Waals surface area contributed by atoms with Crippen molar-refractivity contribution in [2.24, 2.45) is 5.92 Å². The van der Waals surface area contributed by atoms with E-state index in [1.165, 1.54) is 30.5 Å². The Labute approximate surface area is 453 Å². The molecule has 1 aromatic heterocycles. The first-order valence-electron chi connectivity index (χ1n) is 25.3. The molecular formula is C56H64ClF4N4O7PS3. The summed E-state index contributed by atoms with van der Waals surface area (Å²) >= 11 is 7.83. The molecule has 2 fully saturated rings. The first-order valence-corrected chi connectivity index (χ1v) is 31.9. The number of hydrogen-bond acceptors (Lipinski definition) is 11. The number of halogens is 5. The lowest BCUT2D eigenvalue weighted by molar-refractivity contribution is -0.0436. The number of anilines is 2. The summed E-state index contributed by atoms with van der Waals surface area (Å²) in [5.41, 5.74) is -0.802. The number of ether oxygens (including phenoxy) is 1. The average Bonchev–Trinajstić information content (AvgIpc) is 3.77. The van der Waals surface area contributed by atoms with Crippen LogP contribution in [0, 0.1) is 18.7 Å². The normalized spacial score (nSPS) is 16.3. The van der Waals surface area contributed by atoms with E-state index >= 15 is 4.39 Å². The van der Waals surface area contributed by atoms with Crippen LogP contribution in [0.15, 0.2) is 130 Å². The minimum absolute atomic E-state index is 0.00727. The van der Waals surface area contributed by atoms with Crippen LogP contribution in [0.25, 0.3) is 22.4 Å². The number of alkyl halides is 3. The molecule has 0 radical (unpaired) electrons. The molecule has 2 aliphatic heterocycles. The van der Waals surface area contributed by atoms with Crippen molar-refractivity contribution in [2.75, 3.05) is 87.4 Å². The van der Waals surface area contributed by atoms with E-state index in [9.17, 15) is 34.6 Å². The predicted octanol–water partition coefficient (Wildman–Crippen LogP) is 12.3. The van der Waals surface area contributed by atoms with Gasteiger partial charge in [-0.2, -0.15) is 13.2 Å². The summed E-state index contributed by atoms with van der Waals surface area (Å²) in [6.07, 6.45) is 1.64. The highest BCUT2D eigenvalue weighted by atomic mass is 35.5. The van der Waals surface area contributed by atoms with Crippen LogP contribution in [0.2, 0.25) is 5.02 Å². The lowest BCUT2D eigenvalue weighted by Crippen LogP contribution is -2.46. The molecule has 6 aromatic rings. The van der Waals surface area contributed by atoms with Crippen molar-refractivity contribution in [1.29, 1.82) is 0 Å². The Hall–Kier alpha value is -4.65. The van der Waals surface area contributed by atoms with Crippen LogP contribution in [0.4, 0.5) is 28.9 Å². The third kappa shape index (κ3) is 13.3. The van der Waals surface area contributed by atoms with Crippen LogP contribution < -0.4 is 15.1 Å². The van der Waals surface area contributed by atoms with E-state index in [1.54, 1.807) is 49.9 Å². The predicted molar refractivity (Wildman–Crippen MR) is 298 cm³/mol. The highest BCUT2D eigenvalue weighted by Gasteiger charge is 2.48. The lowest BCUT2D eigenvalue weighted by atomic mass is 9.97. The van der Waals surface area contributed by atoms with Crippen molar-refractivity contribution in [3.8, 4) is 22.4 Å². The number of thioether (sulfide) groups is 1. The summed E-state index contributed by atoms with van der Waals surface area (Å²) in [7, 11) is -13.6. The van der Waals surface area contributed by atoms with Gasteiger partial charge >= 0.3 is 5.51 Å². The van der Waals surface area contributed by atoms with Gasteiger partial charge in [-0.05, 0) is 142 Å². The number of nitrogens with zero attached hydrogens (tertiary/aromatic N) is 4. The van der Waals surface area contributed by atoms with Gasteiger partial charge in [-0.3, -0.25) is 9.46 Å². The van der Waals surface area contributed by atoms with Crippen molar-refractivity contribution in [1.82, 2.24) is 9.47 Å². The molecule has 408 valence electrons. The summed E-state index contributed by atoms with van der Waals surface area (Å²) in [5.74, 6) is -0.173. The summed E-state index contributed by atoms with van der Waals surface area (Å²) < 4.78 is 142. The molecule has 0 bridgehead atoms. The first kappa shape index (κ1) is 57.5. The summed E-state index contributed by atoms with van der Waals surface area (Å²) in [4.78, 5) is 6.65. The van der Waals surface area contributed by atoms with E-state index in [0.717, 1.165) is 35.3 Å². The molecule has 1 unspecified atom stereocenters. The Morgan fingerprint density at radius 1 is 0.803 bits per heavy atom. The van der Waals surface area contributed by atoms with Crippen LogP contribution >= 0.6 is 30.7 Å². The molecule has 0 amide bonds. The Morgan fingerprint density at radius 3 is 2.05 bits per heavy atom. The monoisotopic (exact) mass is 1140 g/mol. The van der Waals surface area contributed by atoms with Crippen LogP contribution in [0.5, 0.6) is 0 Å². The first-order chi connectivity index (χ1) is 36.1. The van der Waals surface area contributed by atoms with Gasteiger partial charge in [0.05, 0.1) is 41.5 Å². The fraction of sp³-hybridized carbons (Fsp3) is 0.393. The van der Waals surface area contributed by atoms with Gasteiger partial charge in [-0.25, -0.2) is 21.2 Å². The van der Waals surface area contributed by atoms with E-state index in [1.807, 2.05) is 79.1 Å². The maximum atomic E-state index is 15.8. The van der Waals surface area contributed by atoms with Gasteiger partial charge in [0.2, 0.25) is 7.37 Å². The molecule has 2 atom stereocenters. The second-order valence-corrected chi connectivity index (χ2v) is 27.5. The van der Waals surface area contributed by atoms with Crippen molar-refractivity contribution < 1.29 is 48.2 Å². The molecule has 11 nitrogen and oxygen atoms in total. The third-order valence-corrected chi connectivity index (χ3v) is 20.8. The second-order valence-electron chi connectivity index (χ2n) is 19.6. The molecule has 3 heterocycles.